The molecule has 1 aliphatic heterocycles. The van der Waals surface area contributed by atoms with Crippen LogP contribution in [0.2, 0.25) is 5.02 Å². The van der Waals surface area contributed by atoms with E-state index in [2.05, 4.69) is 5.32 Å². The van der Waals surface area contributed by atoms with Crippen LogP contribution >= 0.6 is 11.6 Å². The number of carbonyl (C=O) groups excluding carboxylic acids is 2. The maximum absolute atomic E-state index is 13.6. The van der Waals surface area contributed by atoms with Crippen LogP contribution in [0.5, 0.6) is 5.75 Å². The van der Waals surface area contributed by atoms with E-state index in [4.69, 9.17) is 25.8 Å². The van der Waals surface area contributed by atoms with Crippen molar-refractivity contribution in [3.63, 3.8) is 0 Å². The summed E-state index contributed by atoms with van der Waals surface area (Å²) in [6.07, 6.45) is 2.12. The Morgan fingerprint density at radius 2 is 2.00 bits per heavy atom. The lowest BCUT2D eigenvalue weighted by Gasteiger charge is -2.11. The van der Waals surface area contributed by atoms with Gasteiger partial charge in [-0.1, -0.05) is 11.6 Å². The highest BCUT2D eigenvalue weighted by atomic mass is 35.5. The summed E-state index contributed by atoms with van der Waals surface area (Å²) < 4.78 is 29.6. The first-order valence-corrected chi connectivity index (χ1v) is 9.15. The Labute approximate surface area is 166 Å². The Hall–Kier alpha value is -2.64. The van der Waals surface area contributed by atoms with Crippen LogP contribution in [-0.2, 0) is 14.3 Å². The van der Waals surface area contributed by atoms with Crippen molar-refractivity contribution >= 4 is 29.2 Å². The van der Waals surface area contributed by atoms with E-state index in [1.54, 1.807) is 24.3 Å². The summed E-state index contributed by atoms with van der Waals surface area (Å²) in [4.78, 5) is 23.9. The van der Waals surface area contributed by atoms with Gasteiger partial charge >= 0.3 is 5.97 Å². The first kappa shape index (κ1) is 20.1. The third-order valence-electron chi connectivity index (χ3n) is 4.09. The van der Waals surface area contributed by atoms with E-state index in [-0.39, 0.29) is 22.4 Å². The molecule has 1 heterocycles. The molecule has 6 nitrogen and oxygen atoms in total. The largest absolute Gasteiger partial charge is 0.491 e. The molecule has 2 aromatic carbocycles. The van der Waals surface area contributed by atoms with Gasteiger partial charge in [-0.25, -0.2) is 9.18 Å². The van der Waals surface area contributed by atoms with Crippen LogP contribution in [0.25, 0.3) is 0 Å². The van der Waals surface area contributed by atoms with E-state index in [0.29, 0.717) is 12.4 Å². The van der Waals surface area contributed by atoms with Crippen LogP contribution in [0.4, 0.5) is 10.1 Å². The quantitative estimate of drug-likeness (QED) is 0.706. The van der Waals surface area contributed by atoms with Crippen LogP contribution in [-0.4, -0.2) is 37.8 Å². The molecule has 28 heavy (non-hydrogen) atoms. The first-order valence-electron chi connectivity index (χ1n) is 8.78. The highest BCUT2D eigenvalue weighted by Gasteiger charge is 2.16. The van der Waals surface area contributed by atoms with Gasteiger partial charge in [0, 0.05) is 11.6 Å². The fourth-order valence-corrected chi connectivity index (χ4v) is 2.82. The molecule has 1 fully saturated rings. The molecule has 1 atom stereocenters. The number of esters is 1. The highest BCUT2D eigenvalue weighted by Crippen LogP contribution is 2.20. The topological polar surface area (TPSA) is 73.9 Å². The summed E-state index contributed by atoms with van der Waals surface area (Å²) in [6.45, 7) is 0.669. The fraction of sp³-hybridized carbons (Fsp3) is 0.300. The lowest BCUT2D eigenvalue weighted by atomic mass is 10.2. The molecule has 148 valence electrons. The Balaban J connectivity index is 1.46. The van der Waals surface area contributed by atoms with Crippen molar-refractivity contribution in [1.29, 1.82) is 0 Å². The van der Waals surface area contributed by atoms with Gasteiger partial charge in [-0.15, -0.1) is 0 Å². The second-order valence-corrected chi connectivity index (χ2v) is 6.66. The number of benzene rings is 2. The molecule has 0 saturated carbocycles. The van der Waals surface area contributed by atoms with E-state index in [0.717, 1.165) is 25.5 Å². The van der Waals surface area contributed by atoms with Gasteiger partial charge in [0.15, 0.2) is 6.61 Å². The number of amides is 1. The van der Waals surface area contributed by atoms with Gasteiger partial charge in [0.2, 0.25) is 0 Å². The van der Waals surface area contributed by atoms with Crippen LogP contribution < -0.4 is 10.1 Å². The minimum absolute atomic E-state index is 0.0821. The molecular formula is C20H19ClFNO5. The van der Waals surface area contributed by atoms with Gasteiger partial charge < -0.3 is 19.5 Å². The minimum Gasteiger partial charge on any atom is -0.491 e. The number of anilines is 1. The SMILES string of the molecule is O=C(COC(=O)c1ccc(OC[C@@H]2CCCO2)cc1)Nc1cc(Cl)ccc1F. The number of halogens is 2. The first-order chi connectivity index (χ1) is 13.5. The van der Waals surface area contributed by atoms with Gasteiger partial charge in [-0.3, -0.25) is 4.79 Å². The number of nitrogens with one attached hydrogen (secondary N) is 1. The van der Waals surface area contributed by atoms with Crippen molar-refractivity contribution in [2.45, 2.75) is 18.9 Å². The zero-order chi connectivity index (χ0) is 19.9. The lowest BCUT2D eigenvalue weighted by molar-refractivity contribution is -0.119. The van der Waals surface area contributed by atoms with Gasteiger partial charge in [0.1, 0.15) is 18.2 Å². The summed E-state index contributed by atoms with van der Waals surface area (Å²) in [5.41, 5.74) is 0.187. The number of hydrogen-bond acceptors (Lipinski definition) is 5. The predicted octanol–water partition coefficient (Wildman–Crippen LogP) is 3.83. The van der Waals surface area contributed by atoms with Crippen LogP contribution in [0.1, 0.15) is 23.2 Å². The molecule has 0 spiro atoms. The third kappa shape index (κ3) is 5.68. The van der Waals surface area contributed by atoms with Crippen LogP contribution in [0, 0.1) is 5.82 Å². The Morgan fingerprint density at radius 1 is 1.21 bits per heavy atom. The fourth-order valence-electron chi connectivity index (χ4n) is 2.65. The number of carbonyl (C=O) groups is 2. The Kier molecular flexibility index (Phi) is 6.84. The molecule has 0 unspecified atom stereocenters. The smallest absolute Gasteiger partial charge is 0.338 e. The normalized spacial score (nSPS) is 15.9. The molecule has 8 heteroatoms. The summed E-state index contributed by atoms with van der Waals surface area (Å²) in [5.74, 6) is -1.37. The van der Waals surface area contributed by atoms with Crippen molar-refractivity contribution in [1.82, 2.24) is 0 Å². The Morgan fingerprint density at radius 3 is 2.71 bits per heavy atom. The second kappa shape index (κ2) is 9.52. The molecule has 0 aliphatic carbocycles. The zero-order valence-corrected chi connectivity index (χ0v) is 15.7. The summed E-state index contributed by atoms with van der Waals surface area (Å²) >= 11 is 5.76. The van der Waals surface area contributed by atoms with E-state index in [9.17, 15) is 14.0 Å². The van der Waals surface area contributed by atoms with E-state index >= 15 is 0 Å². The van der Waals surface area contributed by atoms with Gasteiger partial charge in [-0.05, 0) is 55.3 Å². The van der Waals surface area contributed by atoms with Crippen LogP contribution in [0.3, 0.4) is 0 Å². The van der Waals surface area contributed by atoms with Gasteiger partial charge in [0.25, 0.3) is 5.91 Å². The average Bonchev–Trinajstić information content (AvgIpc) is 3.21. The summed E-state index contributed by atoms with van der Waals surface area (Å²) in [6, 6.07) is 10.1. The average molecular weight is 408 g/mol. The van der Waals surface area contributed by atoms with Crippen molar-refractivity contribution in [3.8, 4) is 5.75 Å². The molecular weight excluding hydrogens is 389 g/mol. The lowest BCUT2D eigenvalue weighted by Crippen LogP contribution is -2.21. The van der Waals surface area contributed by atoms with E-state index in [1.165, 1.54) is 12.1 Å². The number of rotatable bonds is 7. The van der Waals surface area contributed by atoms with Gasteiger partial charge in [-0.2, -0.15) is 0 Å². The number of hydrogen-bond donors (Lipinski definition) is 1. The van der Waals surface area contributed by atoms with Crippen molar-refractivity contribution in [3.05, 3.63) is 58.9 Å². The second-order valence-electron chi connectivity index (χ2n) is 6.22. The van der Waals surface area contributed by atoms with E-state index < -0.39 is 24.3 Å². The molecule has 0 bridgehead atoms. The summed E-state index contributed by atoms with van der Waals surface area (Å²) in [7, 11) is 0. The van der Waals surface area contributed by atoms with Crippen molar-refractivity contribution in [2.75, 3.05) is 25.1 Å². The Bertz CT molecular complexity index is 837. The predicted molar refractivity (Wildman–Crippen MR) is 101 cm³/mol. The molecule has 1 aliphatic rings. The summed E-state index contributed by atoms with van der Waals surface area (Å²) in [5, 5.41) is 2.58. The number of ether oxygens (including phenoxy) is 3. The molecule has 0 radical (unpaired) electrons. The highest BCUT2D eigenvalue weighted by molar-refractivity contribution is 6.30. The van der Waals surface area contributed by atoms with Gasteiger partial charge in [0.05, 0.1) is 17.4 Å². The molecule has 3 rings (SSSR count). The van der Waals surface area contributed by atoms with Crippen molar-refractivity contribution < 1.29 is 28.2 Å². The molecule has 1 N–H and O–H groups in total. The van der Waals surface area contributed by atoms with Crippen molar-refractivity contribution in [2.24, 2.45) is 0 Å². The molecule has 0 aromatic heterocycles. The molecule has 2 aromatic rings. The monoisotopic (exact) mass is 407 g/mol. The maximum atomic E-state index is 13.6. The third-order valence-corrected chi connectivity index (χ3v) is 4.32. The molecule has 1 saturated heterocycles. The maximum Gasteiger partial charge on any atom is 0.338 e. The standard InChI is InChI=1S/C20H19ClFNO5/c21-14-5-8-17(22)18(10-14)23-19(24)12-28-20(25)13-3-6-15(7-4-13)27-11-16-2-1-9-26-16/h3-8,10,16H,1-2,9,11-12H2,(H,23,24)/t16-/m0/s1. The minimum atomic E-state index is -0.675. The zero-order valence-electron chi connectivity index (χ0n) is 15.0. The molecule has 1 amide bonds. The van der Waals surface area contributed by atoms with E-state index in [1.807, 2.05) is 0 Å². The van der Waals surface area contributed by atoms with Crippen LogP contribution in [0.15, 0.2) is 42.5 Å².